The quantitative estimate of drug-likeness (QED) is 0.624. The van der Waals surface area contributed by atoms with Crippen molar-refractivity contribution in [2.75, 3.05) is 18.2 Å². The van der Waals surface area contributed by atoms with Crippen molar-refractivity contribution in [2.45, 2.75) is 0 Å². The molecule has 0 radical (unpaired) electrons. The lowest BCUT2D eigenvalue weighted by Gasteiger charge is -2.07. The van der Waals surface area contributed by atoms with E-state index in [1.807, 2.05) is 24.3 Å². The summed E-state index contributed by atoms with van der Waals surface area (Å²) in [5.41, 5.74) is 6.34. The summed E-state index contributed by atoms with van der Waals surface area (Å²) >= 11 is 2.17. The molecule has 0 aliphatic rings. The normalized spacial score (nSPS) is 10.0. The maximum Gasteiger partial charge on any atom is 0.376 e. The highest BCUT2D eigenvalue weighted by atomic mass is 127. The molecule has 8 heteroatoms. The van der Waals surface area contributed by atoms with E-state index in [-0.39, 0.29) is 17.7 Å². The fourth-order valence-corrected chi connectivity index (χ4v) is 1.84. The number of esters is 1. The number of ether oxygens (including phenoxy) is 1. The van der Waals surface area contributed by atoms with Crippen LogP contribution in [0.5, 0.6) is 0 Å². The molecule has 98 valence electrons. The van der Waals surface area contributed by atoms with E-state index in [0.29, 0.717) is 0 Å². The van der Waals surface area contributed by atoms with Gasteiger partial charge in [-0.25, -0.2) is 4.79 Å². The largest absolute Gasteiger partial charge is 0.463 e. The third-order valence-electron chi connectivity index (χ3n) is 2.14. The number of aromatic nitrogens is 3. The van der Waals surface area contributed by atoms with E-state index < -0.39 is 5.97 Å². The van der Waals surface area contributed by atoms with Gasteiger partial charge in [-0.05, 0) is 34.7 Å². The van der Waals surface area contributed by atoms with Crippen LogP contribution >= 0.6 is 22.6 Å². The van der Waals surface area contributed by atoms with E-state index >= 15 is 0 Å². The molecule has 3 N–H and O–H groups in total. The number of carbonyl (C=O) groups is 1. The molecule has 0 aliphatic heterocycles. The minimum absolute atomic E-state index is 0.0520. The summed E-state index contributed by atoms with van der Waals surface area (Å²) in [5, 5.41) is 2.97. The molecule has 0 saturated carbocycles. The van der Waals surface area contributed by atoms with Gasteiger partial charge < -0.3 is 15.8 Å². The highest BCUT2D eigenvalue weighted by molar-refractivity contribution is 14.1. The van der Waals surface area contributed by atoms with Gasteiger partial charge in [0.2, 0.25) is 17.7 Å². The number of benzene rings is 1. The number of rotatable bonds is 3. The van der Waals surface area contributed by atoms with Crippen LogP contribution in [0.4, 0.5) is 17.6 Å². The first kappa shape index (κ1) is 13.5. The molecular formula is C11H10IN5O2. The molecule has 0 saturated heterocycles. The van der Waals surface area contributed by atoms with E-state index in [9.17, 15) is 4.79 Å². The summed E-state index contributed by atoms with van der Waals surface area (Å²) < 4.78 is 5.53. The minimum atomic E-state index is -0.667. The second-order valence-electron chi connectivity index (χ2n) is 3.44. The van der Waals surface area contributed by atoms with Crippen molar-refractivity contribution in [1.29, 1.82) is 0 Å². The lowest BCUT2D eigenvalue weighted by Crippen LogP contribution is -2.13. The summed E-state index contributed by atoms with van der Waals surface area (Å²) in [4.78, 5) is 23.0. The Morgan fingerprint density at radius 2 is 2.05 bits per heavy atom. The zero-order valence-electron chi connectivity index (χ0n) is 9.92. The second kappa shape index (κ2) is 5.78. The highest BCUT2D eigenvalue weighted by Gasteiger charge is 2.13. The summed E-state index contributed by atoms with van der Waals surface area (Å²) in [6.45, 7) is 0. The number of anilines is 3. The summed E-state index contributed by atoms with van der Waals surface area (Å²) in [5.74, 6) is -0.663. The molecule has 1 aromatic carbocycles. The first-order valence-corrected chi connectivity index (χ1v) is 6.29. The first-order valence-electron chi connectivity index (χ1n) is 5.21. The van der Waals surface area contributed by atoms with Gasteiger partial charge in [0.15, 0.2) is 0 Å². The number of hydrogen-bond acceptors (Lipinski definition) is 7. The van der Waals surface area contributed by atoms with Gasteiger partial charge in [0.1, 0.15) is 0 Å². The topological polar surface area (TPSA) is 103 Å². The number of methoxy groups -OCH3 is 1. The number of nitrogens with zero attached hydrogens (tertiary/aromatic N) is 3. The SMILES string of the molecule is COC(=O)c1nc(N)nc(Nc2ccccc2I)n1. The number of para-hydroxylation sites is 1. The van der Waals surface area contributed by atoms with Gasteiger partial charge in [0.05, 0.1) is 12.8 Å². The molecule has 0 bridgehead atoms. The van der Waals surface area contributed by atoms with Crippen molar-refractivity contribution < 1.29 is 9.53 Å². The monoisotopic (exact) mass is 371 g/mol. The molecule has 19 heavy (non-hydrogen) atoms. The van der Waals surface area contributed by atoms with Crippen LogP contribution < -0.4 is 11.1 Å². The molecule has 1 heterocycles. The number of carbonyl (C=O) groups excluding carboxylic acids is 1. The smallest absolute Gasteiger partial charge is 0.376 e. The fraction of sp³-hybridized carbons (Fsp3) is 0.0909. The Bertz CT molecular complexity index is 620. The molecule has 2 rings (SSSR count). The minimum Gasteiger partial charge on any atom is -0.463 e. The molecule has 0 unspecified atom stereocenters. The number of hydrogen-bond donors (Lipinski definition) is 2. The van der Waals surface area contributed by atoms with Crippen LogP contribution in [-0.4, -0.2) is 28.0 Å². The van der Waals surface area contributed by atoms with Gasteiger partial charge in [0.25, 0.3) is 0 Å². The molecule has 7 nitrogen and oxygen atoms in total. The summed E-state index contributed by atoms with van der Waals surface area (Å²) in [6.07, 6.45) is 0. The van der Waals surface area contributed by atoms with E-state index in [4.69, 9.17) is 5.73 Å². The molecule has 0 spiro atoms. The van der Waals surface area contributed by atoms with Gasteiger partial charge in [0, 0.05) is 3.57 Å². The predicted molar refractivity (Wildman–Crippen MR) is 78.0 cm³/mol. The van der Waals surface area contributed by atoms with Gasteiger partial charge >= 0.3 is 5.97 Å². The van der Waals surface area contributed by atoms with Gasteiger partial charge in [-0.1, -0.05) is 12.1 Å². The Kier molecular flexibility index (Phi) is 4.10. The van der Waals surface area contributed by atoms with E-state index in [2.05, 4.69) is 47.6 Å². The fourth-order valence-electron chi connectivity index (χ4n) is 1.31. The molecule has 0 amide bonds. The number of nitrogens with one attached hydrogen (secondary N) is 1. The maximum atomic E-state index is 11.4. The van der Waals surface area contributed by atoms with Gasteiger partial charge in [-0.3, -0.25) is 0 Å². The first-order chi connectivity index (χ1) is 9.10. The predicted octanol–water partition coefficient (Wildman–Crippen LogP) is 1.59. The average molecular weight is 371 g/mol. The van der Waals surface area contributed by atoms with Crippen molar-refractivity contribution in [3.63, 3.8) is 0 Å². The van der Waals surface area contributed by atoms with E-state index in [1.54, 1.807) is 0 Å². The number of halogens is 1. The molecule has 0 fully saturated rings. The Morgan fingerprint density at radius 1 is 1.32 bits per heavy atom. The van der Waals surface area contributed by atoms with Crippen molar-refractivity contribution in [1.82, 2.24) is 15.0 Å². The standard InChI is InChI=1S/C11H10IN5O2/c1-19-9(18)8-15-10(13)17-11(16-8)14-7-5-3-2-4-6(7)12/h2-5H,1H3,(H3,13,14,15,16,17). The third kappa shape index (κ3) is 3.28. The van der Waals surface area contributed by atoms with E-state index in [1.165, 1.54) is 7.11 Å². The maximum absolute atomic E-state index is 11.4. The average Bonchev–Trinajstić information content (AvgIpc) is 2.40. The van der Waals surface area contributed by atoms with Crippen LogP contribution in [0.2, 0.25) is 0 Å². The van der Waals surface area contributed by atoms with Crippen LogP contribution in [-0.2, 0) is 4.74 Å². The molecule has 0 aliphatic carbocycles. The summed E-state index contributed by atoms with van der Waals surface area (Å²) in [6, 6.07) is 7.57. The number of nitrogens with two attached hydrogens (primary N) is 1. The molecule has 1 aromatic heterocycles. The number of nitrogen functional groups attached to an aromatic ring is 1. The Labute approximate surface area is 122 Å². The second-order valence-corrected chi connectivity index (χ2v) is 4.60. The zero-order valence-corrected chi connectivity index (χ0v) is 12.1. The highest BCUT2D eigenvalue weighted by Crippen LogP contribution is 2.20. The summed E-state index contributed by atoms with van der Waals surface area (Å²) in [7, 11) is 1.25. The molecule has 0 atom stereocenters. The Hall–Kier alpha value is -1.97. The Morgan fingerprint density at radius 3 is 2.74 bits per heavy atom. The van der Waals surface area contributed by atoms with E-state index in [0.717, 1.165) is 9.26 Å². The van der Waals surface area contributed by atoms with Gasteiger partial charge in [-0.15, -0.1) is 0 Å². The van der Waals surface area contributed by atoms with Crippen LogP contribution in [0, 0.1) is 3.57 Å². The van der Waals surface area contributed by atoms with Crippen LogP contribution in [0.25, 0.3) is 0 Å². The van der Waals surface area contributed by atoms with Gasteiger partial charge in [-0.2, -0.15) is 15.0 Å². The van der Waals surface area contributed by atoms with Crippen molar-refractivity contribution >= 4 is 46.1 Å². The van der Waals surface area contributed by atoms with Crippen molar-refractivity contribution in [2.24, 2.45) is 0 Å². The zero-order chi connectivity index (χ0) is 13.8. The van der Waals surface area contributed by atoms with Crippen LogP contribution in [0.3, 0.4) is 0 Å². The van der Waals surface area contributed by atoms with Crippen molar-refractivity contribution in [3.8, 4) is 0 Å². The lowest BCUT2D eigenvalue weighted by molar-refractivity contribution is 0.0586. The Balaban J connectivity index is 2.33. The van der Waals surface area contributed by atoms with Crippen LogP contribution in [0.1, 0.15) is 10.6 Å². The molecular weight excluding hydrogens is 361 g/mol. The lowest BCUT2D eigenvalue weighted by atomic mass is 10.3. The van der Waals surface area contributed by atoms with Crippen molar-refractivity contribution in [3.05, 3.63) is 33.7 Å². The molecule has 2 aromatic rings. The third-order valence-corrected chi connectivity index (χ3v) is 3.08. The van der Waals surface area contributed by atoms with Crippen LogP contribution in [0.15, 0.2) is 24.3 Å².